The molecule has 8 nitrogen and oxygen atoms in total. The Labute approximate surface area is 166 Å². The maximum Gasteiger partial charge on any atom is 0.359 e. The van der Waals surface area contributed by atoms with Crippen molar-refractivity contribution in [2.45, 2.75) is 6.54 Å². The number of anilines is 1. The molecule has 1 amide bonds. The van der Waals surface area contributed by atoms with Crippen LogP contribution in [0.5, 0.6) is 0 Å². The third-order valence-electron chi connectivity index (χ3n) is 3.86. The van der Waals surface area contributed by atoms with E-state index in [1.165, 1.54) is 18.2 Å². The monoisotopic (exact) mass is 388 g/mol. The van der Waals surface area contributed by atoms with Gasteiger partial charge in [0.1, 0.15) is 0 Å². The lowest BCUT2D eigenvalue weighted by molar-refractivity contribution is -0.119. The highest BCUT2D eigenvalue weighted by Gasteiger charge is 2.14. The van der Waals surface area contributed by atoms with E-state index in [1.54, 1.807) is 18.2 Å². The summed E-state index contributed by atoms with van der Waals surface area (Å²) in [6.07, 6.45) is 0. The minimum Gasteiger partial charge on any atom is -0.451 e. The molecule has 0 spiro atoms. The summed E-state index contributed by atoms with van der Waals surface area (Å²) in [5.74, 6) is -1.39. The molecule has 0 atom stereocenters. The topological polar surface area (TPSA) is 114 Å². The van der Waals surface area contributed by atoms with Gasteiger partial charge in [-0.3, -0.25) is 9.59 Å². The fourth-order valence-electron chi connectivity index (χ4n) is 2.50. The molecule has 144 valence electrons. The summed E-state index contributed by atoms with van der Waals surface area (Å²) in [5.41, 5.74) is 1.22. The van der Waals surface area contributed by atoms with Gasteiger partial charge in [-0.25, -0.2) is 9.48 Å². The summed E-state index contributed by atoms with van der Waals surface area (Å²) in [5, 5.41) is 15.4. The van der Waals surface area contributed by atoms with Gasteiger partial charge in [-0.05, 0) is 29.8 Å². The molecule has 0 aliphatic heterocycles. The highest BCUT2D eigenvalue weighted by molar-refractivity contribution is 5.94. The molecule has 0 radical (unpaired) electrons. The van der Waals surface area contributed by atoms with Crippen LogP contribution in [0.1, 0.15) is 21.6 Å². The van der Waals surface area contributed by atoms with Gasteiger partial charge < -0.3 is 10.1 Å². The summed E-state index contributed by atoms with van der Waals surface area (Å²) < 4.78 is 6.12. The predicted octanol–water partition coefficient (Wildman–Crippen LogP) is 1.96. The van der Waals surface area contributed by atoms with Crippen LogP contribution in [0.25, 0.3) is 0 Å². The summed E-state index contributed by atoms with van der Waals surface area (Å²) in [4.78, 5) is 36.1. The van der Waals surface area contributed by atoms with Crippen molar-refractivity contribution in [3.8, 4) is 6.07 Å². The van der Waals surface area contributed by atoms with Crippen molar-refractivity contribution in [3.63, 3.8) is 0 Å². The van der Waals surface area contributed by atoms with Crippen LogP contribution in [-0.2, 0) is 16.1 Å². The highest BCUT2D eigenvalue weighted by atomic mass is 16.5. The van der Waals surface area contributed by atoms with Gasteiger partial charge in [0.05, 0.1) is 18.2 Å². The van der Waals surface area contributed by atoms with E-state index in [4.69, 9.17) is 10.00 Å². The summed E-state index contributed by atoms with van der Waals surface area (Å²) in [7, 11) is 0. The van der Waals surface area contributed by atoms with E-state index in [-0.39, 0.29) is 17.8 Å². The Balaban J connectivity index is 1.61. The summed E-state index contributed by atoms with van der Waals surface area (Å²) in [6.45, 7) is -0.328. The van der Waals surface area contributed by atoms with Crippen LogP contribution in [0.4, 0.5) is 5.69 Å². The van der Waals surface area contributed by atoms with Crippen molar-refractivity contribution in [1.82, 2.24) is 9.78 Å². The molecule has 3 rings (SSSR count). The zero-order chi connectivity index (χ0) is 20.6. The number of nitriles is 1. The smallest absolute Gasteiger partial charge is 0.359 e. The lowest BCUT2D eigenvalue weighted by Crippen LogP contribution is -2.26. The first kappa shape index (κ1) is 19.5. The van der Waals surface area contributed by atoms with Crippen molar-refractivity contribution < 1.29 is 14.3 Å². The van der Waals surface area contributed by atoms with E-state index in [0.29, 0.717) is 11.3 Å². The second-order valence-electron chi connectivity index (χ2n) is 6.02. The van der Waals surface area contributed by atoms with Gasteiger partial charge in [-0.2, -0.15) is 10.4 Å². The molecular weight excluding hydrogens is 372 g/mol. The Morgan fingerprint density at radius 1 is 1.07 bits per heavy atom. The number of rotatable bonds is 6. The fourth-order valence-corrected chi connectivity index (χ4v) is 2.50. The van der Waals surface area contributed by atoms with Crippen LogP contribution in [0.3, 0.4) is 0 Å². The number of hydrogen-bond acceptors (Lipinski definition) is 6. The molecule has 0 fully saturated rings. The predicted molar refractivity (Wildman–Crippen MR) is 104 cm³/mol. The van der Waals surface area contributed by atoms with Crippen molar-refractivity contribution in [2.75, 3.05) is 11.9 Å². The molecule has 0 bridgehead atoms. The van der Waals surface area contributed by atoms with Crippen LogP contribution >= 0.6 is 0 Å². The molecule has 1 N–H and O–H groups in total. The van der Waals surface area contributed by atoms with Crippen molar-refractivity contribution >= 4 is 17.6 Å². The molecule has 8 heteroatoms. The zero-order valence-corrected chi connectivity index (χ0v) is 15.2. The van der Waals surface area contributed by atoms with Crippen molar-refractivity contribution in [3.05, 3.63) is 93.9 Å². The van der Waals surface area contributed by atoms with Crippen LogP contribution in [0, 0.1) is 11.3 Å². The largest absolute Gasteiger partial charge is 0.451 e. The Morgan fingerprint density at radius 3 is 2.62 bits per heavy atom. The molecule has 1 aromatic heterocycles. The van der Waals surface area contributed by atoms with Gasteiger partial charge in [-0.1, -0.05) is 36.4 Å². The standard InChI is InChI=1S/C21H16N4O4/c22-12-16-7-4-8-17(11-16)23-19(26)14-29-21(28)18-9-10-20(27)25(24-18)13-15-5-2-1-3-6-15/h1-11H,13-14H2,(H,23,26). The first-order chi connectivity index (χ1) is 14.0. The number of amides is 1. The molecule has 0 unspecified atom stereocenters. The van der Waals surface area contributed by atoms with Crippen molar-refractivity contribution in [1.29, 1.82) is 5.26 Å². The van der Waals surface area contributed by atoms with Gasteiger partial charge in [0.2, 0.25) is 0 Å². The normalized spacial score (nSPS) is 10.0. The molecule has 0 aliphatic rings. The number of carbonyl (C=O) groups is 2. The van der Waals surface area contributed by atoms with E-state index in [9.17, 15) is 14.4 Å². The second-order valence-corrected chi connectivity index (χ2v) is 6.02. The summed E-state index contributed by atoms with van der Waals surface area (Å²) in [6, 6.07) is 20.0. The SMILES string of the molecule is N#Cc1cccc(NC(=O)COC(=O)c2ccc(=O)n(Cc3ccccc3)n2)c1. The van der Waals surface area contributed by atoms with Crippen LogP contribution in [-0.4, -0.2) is 28.3 Å². The second kappa shape index (κ2) is 9.10. The quantitative estimate of drug-likeness (QED) is 0.646. The van der Waals surface area contributed by atoms with Gasteiger partial charge in [0.25, 0.3) is 11.5 Å². The van der Waals surface area contributed by atoms with Crippen LogP contribution in [0.2, 0.25) is 0 Å². The molecule has 1 heterocycles. The van der Waals surface area contributed by atoms with Crippen LogP contribution in [0.15, 0.2) is 71.5 Å². The summed E-state index contributed by atoms with van der Waals surface area (Å²) >= 11 is 0. The van der Waals surface area contributed by atoms with E-state index in [0.717, 1.165) is 10.2 Å². The molecule has 3 aromatic rings. The van der Waals surface area contributed by atoms with E-state index < -0.39 is 18.5 Å². The van der Waals surface area contributed by atoms with E-state index in [1.807, 2.05) is 36.4 Å². The molecule has 0 aliphatic carbocycles. The Hall–Kier alpha value is -4.25. The average Bonchev–Trinajstić information content (AvgIpc) is 2.74. The third kappa shape index (κ3) is 5.37. The Morgan fingerprint density at radius 2 is 1.86 bits per heavy atom. The zero-order valence-electron chi connectivity index (χ0n) is 15.2. The molecule has 2 aromatic carbocycles. The number of esters is 1. The lowest BCUT2D eigenvalue weighted by Gasteiger charge is -2.08. The number of aromatic nitrogens is 2. The first-order valence-electron chi connectivity index (χ1n) is 8.64. The lowest BCUT2D eigenvalue weighted by atomic mass is 10.2. The number of benzene rings is 2. The third-order valence-corrected chi connectivity index (χ3v) is 3.86. The van der Waals surface area contributed by atoms with Gasteiger partial charge in [0, 0.05) is 11.8 Å². The number of nitrogens with one attached hydrogen (secondary N) is 1. The number of ether oxygens (including phenoxy) is 1. The van der Waals surface area contributed by atoms with Gasteiger partial charge in [0.15, 0.2) is 12.3 Å². The number of nitrogens with zero attached hydrogens (tertiary/aromatic N) is 3. The minimum absolute atomic E-state index is 0.0835. The molecular formula is C21H16N4O4. The first-order valence-corrected chi connectivity index (χ1v) is 8.64. The van der Waals surface area contributed by atoms with Gasteiger partial charge in [-0.15, -0.1) is 0 Å². The molecule has 29 heavy (non-hydrogen) atoms. The molecule has 0 saturated carbocycles. The number of hydrogen-bond donors (Lipinski definition) is 1. The maximum atomic E-state index is 12.2. The Kier molecular flexibility index (Phi) is 6.12. The van der Waals surface area contributed by atoms with E-state index >= 15 is 0 Å². The van der Waals surface area contributed by atoms with Gasteiger partial charge >= 0.3 is 5.97 Å². The Bertz CT molecular complexity index is 1130. The number of carbonyl (C=O) groups excluding carboxylic acids is 2. The molecule has 0 saturated heterocycles. The average molecular weight is 388 g/mol. The highest BCUT2D eigenvalue weighted by Crippen LogP contribution is 2.09. The van der Waals surface area contributed by atoms with Crippen LogP contribution < -0.4 is 10.9 Å². The van der Waals surface area contributed by atoms with E-state index in [2.05, 4.69) is 10.4 Å². The maximum absolute atomic E-state index is 12.2. The van der Waals surface area contributed by atoms with Crippen molar-refractivity contribution in [2.24, 2.45) is 0 Å². The minimum atomic E-state index is -0.826. The fraction of sp³-hybridized carbons (Fsp3) is 0.0952.